The van der Waals surface area contributed by atoms with Crippen molar-refractivity contribution in [1.29, 1.82) is 0 Å². The van der Waals surface area contributed by atoms with E-state index in [2.05, 4.69) is 4.31 Å². The van der Waals surface area contributed by atoms with Gasteiger partial charge >= 0.3 is 0 Å². The highest BCUT2D eigenvalue weighted by atomic mass is 32.2. The molecule has 0 aromatic heterocycles. The second-order valence-electron chi connectivity index (χ2n) is 4.21. The van der Waals surface area contributed by atoms with Crippen molar-refractivity contribution in [2.24, 2.45) is 0 Å². The van der Waals surface area contributed by atoms with Crippen LogP contribution in [-0.4, -0.2) is 52.5 Å². The van der Waals surface area contributed by atoms with Gasteiger partial charge in [-0.2, -0.15) is 0 Å². The summed E-state index contributed by atoms with van der Waals surface area (Å²) in [5.74, 6) is -0.0596. The minimum absolute atomic E-state index is 0.00347. The van der Waals surface area contributed by atoms with E-state index in [1.165, 1.54) is 24.3 Å². The van der Waals surface area contributed by atoms with Crippen molar-refractivity contribution in [3.8, 4) is 0 Å². The molecule has 1 heterocycles. The molecule has 1 amide bonds. The van der Waals surface area contributed by atoms with Crippen molar-refractivity contribution in [3.63, 3.8) is 0 Å². The first kappa shape index (κ1) is 17.5. The van der Waals surface area contributed by atoms with Crippen LogP contribution in [0.3, 0.4) is 0 Å². The molecule has 0 aliphatic carbocycles. The first-order chi connectivity index (χ1) is 10.1. The molecule has 0 spiro atoms. The zero-order chi connectivity index (χ0) is 15.8. The summed E-state index contributed by atoms with van der Waals surface area (Å²) in [6.45, 7) is 7.08. The molecule has 0 bridgehead atoms. The third-order valence-corrected chi connectivity index (χ3v) is 3.99. The van der Waals surface area contributed by atoms with Crippen molar-refractivity contribution in [1.82, 2.24) is 9.21 Å². The van der Waals surface area contributed by atoms with E-state index >= 15 is 0 Å². The highest BCUT2D eigenvalue weighted by Crippen LogP contribution is 2.16. The summed E-state index contributed by atoms with van der Waals surface area (Å²) in [4.78, 5) is 24.1. The molecule has 1 aliphatic heterocycles. The van der Waals surface area contributed by atoms with Gasteiger partial charge in [-0.1, -0.05) is 25.8 Å². The highest BCUT2D eigenvalue weighted by molar-refractivity contribution is 7.96. The average molecular weight is 311 g/mol. The summed E-state index contributed by atoms with van der Waals surface area (Å²) in [6.07, 6.45) is 2.02. The van der Waals surface area contributed by atoms with Crippen LogP contribution in [0.1, 0.15) is 24.2 Å². The van der Waals surface area contributed by atoms with E-state index in [9.17, 15) is 14.9 Å². The fraction of sp³-hybridized carbons (Fsp3) is 0.500. The third kappa shape index (κ3) is 4.71. The van der Waals surface area contributed by atoms with E-state index in [4.69, 9.17) is 0 Å². The summed E-state index contributed by atoms with van der Waals surface area (Å²) in [6, 6.07) is 5.76. The van der Waals surface area contributed by atoms with Gasteiger partial charge in [0, 0.05) is 43.9 Å². The van der Waals surface area contributed by atoms with Crippen LogP contribution in [0.4, 0.5) is 5.69 Å². The van der Waals surface area contributed by atoms with Gasteiger partial charge in [-0.05, 0) is 18.4 Å². The fourth-order valence-corrected chi connectivity index (χ4v) is 2.51. The van der Waals surface area contributed by atoms with E-state index in [0.717, 1.165) is 13.1 Å². The molecule has 0 saturated carbocycles. The Morgan fingerprint density at radius 2 is 1.67 bits per heavy atom. The Bertz CT molecular complexity index is 471. The molecule has 0 atom stereocenters. The molecule has 1 fully saturated rings. The first-order valence-electron chi connectivity index (χ1n) is 6.94. The van der Waals surface area contributed by atoms with Crippen molar-refractivity contribution in [3.05, 3.63) is 39.9 Å². The SMILES string of the molecule is CC.CSN1CCN(C(=O)c2ccc([N+](=O)[O-])cc2)CC1. The van der Waals surface area contributed by atoms with Crippen LogP contribution in [0.2, 0.25) is 0 Å². The number of piperazine rings is 1. The van der Waals surface area contributed by atoms with Gasteiger partial charge in [0.05, 0.1) is 4.92 Å². The zero-order valence-electron chi connectivity index (χ0n) is 12.6. The second kappa shape index (κ2) is 8.63. The smallest absolute Gasteiger partial charge is 0.269 e. The van der Waals surface area contributed by atoms with Gasteiger partial charge in [0.25, 0.3) is 11.6 Å². The monoisotopic (exact) mass is 311 g/mol. The molecular weight excluding hydrogens is 290 g/mol. The molecule has 7 heteroatoms. The van der Waals surface area contributed by atoms with Gasteiger partial charge < -0.3 is 4.90 Å². The van der Waals surface area contributed by atoms with Crippen molar-refractivity contribution in [2.45, 2.75) is 13.8 Å². The number of hydrogen-bond acceptors (Lipinski definition) is 5. The van der Waals surface area contributed by atoms with Gasteiger partial charge in [-0.25, -0.2) is 4.31 Å². The lowest BCUT2D eigenvalue weighted by atomic mass is 10.1. The van der Waals surface area contributed by atoms with Crippen molar-refractivity contribution in [2.75, 3.05) is 32.4 Å². The van der Waals surface area contributed by atoms with E-state index < -0.39 is 4.92 Å². The summed E-state index contributed by atoms with van der Waals surface area (Å²) < 4.78 is 2.21. The van der Waals surface area contributed by atoms with Crippen molar-refractivity contribution < 1.29 is 9.72 Å². The maximum atomic E-state index is 12.2. The molecule has 1 aliphatic rings. The lowest BCUT2D eigenvalue weighted by molar-refractivity contribution is -0.384. The Balaban J connectivity index is 0.00000106. The lowest BCUT2D eigenvalue weighted by Crippen LogP contribution is -2.46. The Labute approximate surface area is 129 Å². The maximum Gasteiger partial charge on any atom is 0.269 e. The first-order valence-corrected chi connectivity index (χ1v) is 8.13. The van der Waals surface area contributed by atoms with Crippen LogP contribution in [0, 0.1) is 10.1 Å². The minimum Gasteiger partial charge on any atom is -0.336 e. The van der Waals surface area contributed by atoms with Crippen LogP contribution in [0.15, 0.2) is 24.3 Å². The second-order valence-corrected chi connectivity index (χ2v) is 5.09. The quantitative estimate of drug-likeness (QED) is 0.488. The van der Waals surface area contributed by atoms with Gasteiger partial charge in [-0.15, -0.1) is 0 Å². The predicted molar refractivity (Wildman–Crippen MR) is 85.4 cm³/mol. The molecule has 1 saturated heterocycles. The number of carbonyl (C=O) groups is 1. The normalized spacial score (nSPS) is 15.1. The number of rotatable bonds is 3. The van der Waals surface area contributed by atoms with E-state index in [1.54, 1.807) is 16.8 Å². The summed E-state index contributed by atoms with van der Waals surface area (Å²) >= 11 is 1.68. The molecule has 1 aromatic carbocycles. The number of amides is 1. The number of benzene rings is 1. The molecule has 21 heavy (non-hydrogen) atoms. The number of non-ortho nitro benzene ring substituents is 1. The summed E-state index contributed by atoms with van der Waals surface area (Å²) in [5, 5.41) is 10.6. The van der Waals surface area contributed by atoms with Crippen LogP contribution in [0.5, 0.6) is 0 Å². The molecular formula is C14H21N3O3S. The molecule has 1 aromatic rings. The number of carbonyl (C=O) groups excluding carboxylic acids is 1. The van der Waals surface area contributed by atoms with Gasteiger partial charge in [0.1, 0.15) is 0 Å². The Hall–Kier alpha value is -1.60. The largest absolute Gasteiger partial charge is 0.336 e. The lowest BCUT2D eigenvalue weighted by Gasteiger charge is -2.33. The molecule has 116 valence electrons. The zero-order valence-corrected chi connectivity index (χ0v) is 13.4. The maximum absolute atomic E-state index is 12.2. The van der Waals surface area contributed by atoms with E-state index in [1.807, 2.05) is 20.1 Å². The Morgan fingerprint density at radius 3 is 2.10 bits per heavy atom. The molecule has 0 N–H and O–H groups in total. The van der Waals surface area contributed by atoms with Gasteiger partial charge in [0.2, 0.25) is 0 Å². The molecule has 0 unspecified atom stereocenters. The van der Waals surface area contributed by atoms with Crippen LogP contribution in [0.25, 0.3) is 0 Å². The molecule has 2 rings (SSSR count). The standard InChI is InChI=1S/C12H15N3O3S.C2H6/c1-19-14-8-6-13(7-9-14)12(16)10-2-4-11(5-3-10)15(17)18;1-2/h2-5H,6-9H2,1H3;1-2H3. The number of hydrogen-bond donors (Lipinski definition) is 0. The summed E-state index contributed by atoms with van der Waals surface area (Å²) in [5.41, 5.74) is 0.506. The van der Waals surface area contributed by atoms with Gasteiger partial charge in [-0.3, -0.25) is 14.9 Å². The van der Waals surface area contributed by atoms with Crippen molar-refractivity contribution >= 4 is 23.5 Å². The highest BCUT2D eigenvalue weighted by Gasteiger charge is 2.22. The number of nitrogens with zero attached hydrogens (tertiary/aromatic N) is 3. The topological polar surface area (TPSA) is 66.7 Å². The van der Waals surface area contributed by atoms with E-state index in [0.29, 0.717) is 18.7 Å². The average Bonchev–Trinajstić information content (AvgIpc) is 2.56. The molecule has 0 radical (unpaired) electrons. The van der Waals surface area contributed by atoms with E-state index in [-0.39, 0.29) is 11.6 Å². The predicted octanol–water partition coefficient (Wildman–Crippen LogP) is 2.66. The van der Waals surface area contributed by atoms with Crippen LogP contribution < -0.4 is 0 Å². The van der Waals surface area contributed by atoms with Gasteiger partial charge in [0.15, 0.2) is 0 Å². The minimum atomic E-state index is -0.467. The Kier molecular flexibility index (Phi) is 7.18. The van der Waals surface area contributed by atoms with Crippen LogP contribution >= 0.6 is 11.9 Å². The molecule has 6 nitrogen and oxygen atoms in total. The number of nitro benzene ring substituents is 1. The Morgan fingerprint density at radius 1 is 1.14 bits per heavy atom. The fourth-order valence-electron chi connectivity index (χ4n) is 1.98. The number of nitro groups is 1. The van der Waals surface area contributed by atoms with Crippen LogP contribution in [-0.2, 0) is 0 Å². The third-order valence-electron chi connectivity index (χ3n) is 3.11. The summed E-state index contributed by atoms with van der Waals surface area (Å²) in [7, 11) is 0.